The largest absolute Gasteiger partial charge is 0.417 e. The molecule has 1 aromatic heterocycles. The SMILES string of the molecule is CC(C)N(CC(F)(F)F)c1cc2[nH]c(=O)oc2cc1N. The van der Waals surface area contributed by atoms with E-state index in [-0.39, 0.29) is 17.0 Å². The lowest BCUT2D eigenvalue weighted by Crippen LogP contribution is -2.39. The molecule has 0 saturated heterocycles. The summed E-state index contributed by atoms with van der Waals surface area (Å²) in [7, 11) is 0. The third kappa shape index (κ3) is 2.89. The molecule has 0 unspecified atom stereocenters. The van der Waals surface area contributed by atoms with Crippen molar-refractivity contribution >= 4 is 22.5 Å². The van der Waals surface area contributed by atoms with Gasteiger partial charge in [-0.3, -0.25) is 4.98 Å². The highest BCUT2D eigenvalue weighted by Gasteiger charge is 2.32. The molecule has 0 fully saturated rings. The van der Waals surface area contributed by atoms with Crippen molar-refractivity contribution in [3.8, 4) is 0 Å². The molecule has 0 spiro atoms. The minimum atomic E-state index is -4.35. The van der Waals surface area contributed by atoms with Crippen molar-refractivity contribution < 1.29 is 17.6 Å². The number of H-pyrrole nitrogens is 1. The number of nitrogen functional groups attached to an aromatic ring is 1. The number of hydrogen-bond donors (Lipinski definition) is 2. The first-order valence-electron chi connectivity index (χ1n) is 5.93. The zero-order chi connectivity index (χ0) is 15.1. The number of nitrogens with two attached hydrogens (primary N) is 1. The van der Waals surface area contributed by atoms with Crippen LogP contribution in [-0.2, 0) is 0 Å². The molecule has 2 aromatic rings. The fourth-order valence-corrected chi connectivity index (χ4v) is 1.99. The van der Waals surface area contributed by atoms with E-state index < -0.39 is 24.5 Å². The highest BCUT2D eigenvalue weighted by molar-refractivity contribution is 5.85. The Bertz CT molecular complexity index is 673. The quantitative estimate of drug-likeness (QED) is 0.851. The molecule has 2 rings (SSSR count). The molecule has 0 bridgehead atoms. The van der Waals surface area contributed by atoms with Gasteiger partial charge < -0.3 is 15.1 Å². The van der Waals surface area contributed by atoms with Gasteiger partial charge in [-0.1, -0.05) is 0 Å². The van der Waals surface area contributed by atoms with E-state index in [1.165, 1.54) is 12.1 Å². The van der Waals surface area contributed by atoms with E-state index in [1.807, 2.05) is 0 Å². The molecule has 110 valence electrons. The van der Waals surface area contributed by atoms with Crippen molar-refractivity contribution in [3.63, 3.8) is 0 Å². The summed E-state index contributed by atoms with van der Waals surface area (Å²) < 4.78 is 42.7. The van der Waals surface area contributed by atoms with Crippen LogP contribution in [0.4, 0.5) is 24.5 Å². The Morgan fingerprint density at radius 3 is 2.60 bits per heavy atom. The maximum Gasteiger partial charge on any atom is 0.417 e. The van der Waals surface area contributed by atoms with Gasteiger partial charge in [0.25, 0.3) is 0 Å². The number of benzene rings is 1. The molecule has 1 aromatic carbocycles. The molecular weight excluding hydrogens is 275 g/mol. The molecule has 20 heavy (non-hydrogen) atoms. The number of halogens is 3. The first kappa shape index (κ1) is 14.3. The molecule has 0 radical (unpaired) electrons. The van der Waals surface area contributed by atoms with E-state index in [0.29, 0.717) is 5.52 Å². The van der Waals surface area contributed by atoms with Gasteiger partial charge in [-0.25, -0.2) is 4.79 Å². The van der Waals surface area contributed by atoms with Crippen LogP contribution >= 0.6 is 0 Å². The van der Waals surface area contributed by atoms with Crippen LogP contribution in [0, 0.1) is 0 Å². The Kier molecular flexibility index (Phi) is 3.41. The zero-order valence-electron chi connectivity index (χ0n) is 10.9. The fraction of sp³-hybridized carbons (Fsp3) is 0.417. The van der Waals surface area contributed by atoms with Crippen LogP contribution < -0.4 is 16.4 Å². The van der Waals surface area contributed by atoms with Crippen molar-refractivity contribution in [2.75, 3.05) is 17.2 Å². The number of aromatic nitrogens is 1. The van der Waals surface area contributed by atoms with E-state index in [1.54, 1.807) is 13.8 Å². The molecule has 3 N–H and O–H groups in total. The van der Waals surface area contributed by atoms with Crippen LogP contribution in [0.5, 0.6) is 0 Å². The van der Waals surface area contributed by atoms with Gasteiger partial charge in [-0.15, -0.1) is 0 Å². The minimum absolute atomic E-state index is 0.123. The smallest absolute Gasteiger partial charge is 0.408 e. The van der Waals surface area contributed by atoms with Gasteiger partial charge in [-0.2, -0.15) is 13.2 Å². The summed E-state index contributed by atoms with van der Waals surface area (Å²) in [5, 5.41) is 0. The third-order valence-corrected chi connectivity index (χ3v) is 2.85. The predicted molar refractivity (Wildman–Crippen MR) is 69.8 cm³/mol. The second kappa shape index (κ2) is 4.77. The molecule has 8 heteroatoms. The van der Waals surface area contributed by atoms with Crippen LogP contribution in [0.25, 0.3) is 11.1 Å². The second-order valence-corrected chi connectivity index (χ2v) is 4.76. The molecule has 0 atom stereocenters. The zero-order valence-corrected chi connectivity index (χ0v) is 10.9. The molecule has 0 saturated carbocycles. The number of rotatable bonds is 3. The lowest BCUT2D eigenvalue weighted by Gasteiger charge is -2.30. The average Bonchev–Trinajstić information content (AvgIpc) is 2.62. The Morgan fingerprint density at radius 2 is 2.05 bits per heavy atom. The average molecular weight is 289 g/mol. The Balaban J connectivity index is 2.52. The van der Waals surface area contributed by atoms with E-state index in [4.69, 9.17) is 10.2 Å². The van der Waals surface area contributed by atoms with Crippen LogP contribution in [-0.4, -0.2) is 23.7 Å². The molecular formula is C12H14F3N3O2. The summed E-state index contributed by atoms with van der Waals surface area (Å²) in [4.78, 5) is 14.6. The lowest BCUT2D eigenvalue weighted by molar-refractivity contribution is -0.120. The maximum atomic E-state index is 12.6. The minimum Gasteiger partial charge on any atom is -0.408 e. The molecule has 1 heterocycles. The number of aromatic amines is 1. The van der Waals surface area contributed by atoms with Crippen molar-refractivity contribution in [1.82, 2.24) is 4.98 Å². The van der Waals surface area contributed by atoms with Gasteiger partial charge >= 0.3 is 11.9 Å². The van der Waals surface area contributed by atoms with Crippen molar-refractivity contribution in [2.24, 2.45) is 0 Å². The number of alkyl halides is 3. The van der Waals surface area contributed by atoms with Gasteiger partial charge in [-0.05, 0) is 19.9 Å². The van der Waals surface area contributed by atoms with E-state index in [9.17, 15) is 18.0 Å². The summed E-state index contributed by atoms with van der Waals surface area (Å²) in [5.41, 5.74) is 6.63. The topological polar surface area (TPSA) is 75.3 Å². The van der Waals surface area contributed by atoms with E-state index >= 15 is 0 Å². The van der Waals surface area contributed by atoms with Crippen LogP contribution in [0.15, 0.2) is 21.3 Å². The number of hydrogen-bond acceptors (Lipinski definition) is 4. The highest BCUT2D eigenvalue weighted by atomic mass is 19.4. The van der Waals surface area contributed by atoms with Crippen LogP contribution in [0.3, 0.4) is 0 Å². The maximum absolute atomic E-state index is 12.6. The van der Waals surface area contributed by atoms with Gasteiger partial charge in [0.1, 0.15) is 6.54 Å². The Hall–Kier alpha value is -2.12. The summed E-state index contributed by atoms with van der Waals surface area (Å²) in [6.07, 6.45) is -4.35. The first-order valence-corrected chi connectivity index (χ1v) is 5.93. The number of oxazole rings is 1. The third-order valence-electron chi connectivity index (χ3n) is 2.85. The van der Waals surface area contributed by atoms with Crippen molar-refractivity contribution in [1.29, 1.82) is 0 Å². The van der Waals surface area contributed by atoms with Crippen molar-refractivity contribution in [3.05, 3.63) is 22.7 Å². The van der Waals surface area contributed by atoms with Crippen molar-refractivity contribution in [2.45, 2.75) is 26.1 Å². The van der Waals surface area contributed by atoms with Crippen LogP contribution in [0.2, 0.25) is 0 Å². The van der Waals surface area contributed by atoms with Gasteiger partial charge in [0.05, 0.1) is 16.9 Å². The lowest BCUT2D eigenvalue weighted by atomic mass is 10.2. The first-order chi connectivity index (χ1) is 9.17. The Labute approximate surface area is 112 Å². The number of fused-ring (bicyclic) bond motifs is 1. The monoisotopic (exact) mass is 289 g/mol. The van der Waals surface area contributed by atoms with Crippen LogP contribution in [0.1, 0.15) is 13.8 Å². The van der Waals surface area contributed by atoms with Gasteiger partial charge in [0, 0.05) is 12.1 Å². The second-order valence-electron chi connectivity index (χ2n) is 4.76. The summed E-state index contributed by atoms with van der Waals surface area (Å²) in [6, 6.07) is 2.32. The molecule has 0 aliphatic rings. The van der Waals surface area contributed by atoms with E-state index in [2.05, 4.69) is 4.98 Å². The van der Waals surface area contributed by atoms with Gasteiger partial charge in [0.2, 0.25) is 0 Å². The number of nitrogens with zero attached hydrogens (tertiary/aromatic N) is 1. The van der Waals surface area contributed by atoms with E-state index in [0.717, 1.165) is 4.90 Å². The Morgan fingerprint density at radius 1 is 1.40 bits per heavy atom. The summed E-state index contributed by atoms with van der Waals surface area (Å²) >= 11 is 0. The standard InChI is InChI=1S/C12H14F3N3O2/c1-6(2)18(5-12(13,14)15)9-4-8-10(3-7(9)16)20-11(19)17-8/h3-4,6H,5,16H2,1-2H3,(H,17,19). The summed E-state index contributed by atoms with van der Waals surface area (Å²) in [5.74, 6) is -0.677. The highest BCUT2D eigenvalue weighted by Crippen LogP contribution is 2.31. The number of nitrogens with one attached hydrogen (secondary N) is 1. The molecule has 0 amide bonds. The normalized spacial score (nSPS) is 12.3. The molecule has 5 nitrogen and oxygen atoms in total. The molecule has 0 aliphatic heterocycles. The fourth-order valence-electron chi connectivity index (χ4n) is 1.99. The molecule has 0 aliphatic carbocycles. The summed E-state index contributed by atoms with van der Waals surface area (Å²) in [6.45, 7) is 2.14. The predicted octanol–water partition coefficient (Wildman–Crippen LogP) is 2.48. The number of anilines is 2. The van der Waals surface area contributed by atoms with Gasteiger partial charge in [0.15, 0.2) is 5.58 Å².